The van der Waals surface area contributed by atoms with Crippen molar-refractivity contribution in [2.24, 2.45) is 0 Å². The van der Waals surface area contributed by atoms with Crippen molar-refractivity contribution in [3.05, 3.63) is 0 Å². The van der Waals surface area contributed by atoms with Gasteiger partial charge in [-0.1, -0.05) is 77.6 Å². The summed E-state index contributed by atoms with van der Waals surface area (Å²) in [6.45, 7) is 4.31. The summed E-state index contributed by atoms with van der Waals surface area (Å²) in [5.74, 6) is 0. The van der Waals surface area contributed by atoms with Crippen LogP contribution in [0, 0.1) is 0 Å². The van der Waals surface area contributed by atoms with E-state index < -0.39 is 0 Å². The number of aliphatic hydroxyl groups is 1. The topological polar surface area (TPSA) is 38.7 Å². The number of hydrogen-bond acceptors (Lipinski definition) is 3. The predicted molar refractivity (Wildman–Crippen MR) is 92.3 cm³/mol. The molecule has 3 nitrogen and oxygen atoms in total. The third kappa shape index (κ3) is 10.6. The van der Waals surface area contributed by atoms with Crippen LogP contribution in [0.15, 0.2) is 0 Å². The zero-order valence-electron chi connectivity index (χ0n) is 14.7. The molecule has 1 heterocycles. The van der Waals surface area contributed by atoms with Crippen LogP contribution in [-0.2, 0) is 9.47 Å². The molecule has 22 heavy (non-hydrogen) atoms. The van der Waals surface area contributed by atoms with Gasteiger partial charge in [-0.3, -0.25) is 0 Å². The van der Waals surface area contributed by atoms with Gasteiger partial charge in [-0.25, -0.2) is 0 Å². The maximum absolute atomic E-state index is 9.59. The van der Waals surface area contributed by atoms with Gasteiger partial charge in [0.15, 0.2) is 0 Å². The van der Waals surface area contributed by atoms with Crippen LogP contribution in [0.5, 0.6) is 0 Å². The Morgan fingerprint density at radius 3 is 1.91 bits per heavy atom. The molecule has 1 fully saturated rings. The van der Waals surface area contributed by atoms with Gasteiger partial charge in [0, 0.05) is 13.2 Å². The fraction of sp³-hybridized carbons (Fsp3) is 1.00. The average molecular weight is 315 g/mol. The van der Waals surface area contributed by atoms with E-state index in [1.54, 1.807) is 0 Å². The SMILES string of the molecule is CCCCCCCCCCCCCCOCC1OCCC1O. The molecule has 2 unspecified atom stereocenters. The summed E-state index contributed by atoms with van der Waals surface area (Å²) in [5.41, 5.74) is 0. The summed E-state index contributed by atoms with van der Waals surface area (Å²) in [7, 11) is 0. The smallest absolute Gasteiger partial charge is 0.107 e. The van der Waals surface area contributed by atoms with Crippen molar-refractivity contribution in [1.29, 1.82) is 0 Å². The number of rotatable bonds is 15. The summed E-state index contributed by atoms with van der Waals surface area (Å²) in [4.78, 5) is 0. The summed E-state index contributed by atoms with van der Waals surface area (Å²) >= 11 is 0. The molecule has 3 heteroatoms. The van der Waals surface area contributed by atoms with Crippen molar-refractivity contribution in [1.82, 2.24) is 0 Å². The first-order valence-electron chi connectivity index (χ1n) is 9.72. The third-order valence-electron chi connectivity index (χ3n) is 4.60. The van der Waals surface area contributed by atoms with E-state index in [9.17, 15) is 5.11 Å². The average Bonchev–Trinajstić information content (AvgIpc) is 2.93. The van der Waals surface area contributed by atoms with Gasteiger partial charge >= 0.3 is 0 Å². The Labute approximate surface area is 137 Å². The minimum Gasteiger partial charge on any atom is -0.390 e. The highest BCUT2D eigenvalue weighted by Crippen LogP contribution is 2.14. The Balaban J connectivity index is 1.69. The molecule has 1 rings (SSSR count). The Morgan fingerprint density at radius 2 is 1.41 bits per heavy atom. The van der Waals surface area contributed by atoms with Crippen LogP contribution in [0.4, 0.5) is 0 Å². The van der Waals surface area contributed by atoms with Crippen molar-refractivity contribution in [2.75, 3.05) is 19.8 Å². The molecule has 0 aromatic heterocycles. The van der Waals surface area contributed by atoms with Gasteiger partial charge in [-0.2, -0.15) is 0 Å². The third-order valence-corrected chi connectivity index (χ3v) is 4.60. The monoisotopic (exact) mass is 314 g/mol. The minimum absolute atomic E-state index is 0.0858. The zero-order chi connectivity index (χ0) is 15.9. The maximum Gasteiger partial charge on any atom is 0.107 e. The number of aliphatic hydroxyl groups excluding tert-OH is 1. The zero-order valence-corrected chi connectivity index (χ0v) is 14.7. The molecule has 0 radical (unpaired) electrons. The van der Waals surface area contributed by atoms with Gasteiger partial charge in [0.25, 0.3) is 0 Å². The normalized spacial score (nSPS) is 21.5. The van der Waals surface area contributed by atoms with Gasteiger partial charge < -0.3 is 14.6 Å². The van der Waals surface area contributed by atoms with Gasteiger partial charge in [-0.05, 0) is 12.8 Å². The standard InChI is InChI=1S/C19H38O3/c1-2-3-4-5-6-7-8-9-10-11-12-13-15-21-17-19-18(20)14-16-22-19/h18-20H,2-17H2,1H3. The van der Waals surface area contributed by atoms with Gasteiger partial charge in [0.2, 0.25) is 0 Å². The Kier molecular flexibility index (Phi) is 13.1. The lowest BCUT2D eigenvalue weighted by molar-refractivity contribution is -0.0246. The largest absolute Gasteiger partial charge is 0.390 e. The lowest BCUT2D eigenvalue weighted by Crippen LogP contribution is -2.26. The van der Waals surface area contributed by atoms with Crippen molar-refractivity contribution in [2.45, 2.75) is 103 Å². The Morgan fingerprint density at radius 1 is 0.864 bits per heavy atom. The van der Waals surface area contributed by atoms with Gasteiger partial charge in [0.1, 0.15) is 6.10 Å². The minimum atomic E-state index is -0.318. The van der Waals surface area contributed by atoms with Crippen LogP contribution < -0.4 is 0 Å². The van der Waals surface area contributed by atoms with Crippen molar-refractivity contribution in [3.8, 4) is 0 Å². The van der Waals surface area contributed by atoms with E-state index in [4.69, 9.17) is 9.47 Å². The van der Waals surface area contributed by atoms with E-state index in [-0.39, 0.29) is 12.2 Å². The molecule has 132 valence electrons. The molecule has 1 N–H and O–H groups in total. The molecule has 0 saturated carbocycles. The van der Waals surface area contributed by atoms with Crippen molar-refractivity contribution in [3.63, 3.8) is 0 Å². The molecule has 0 bridgehead atoms. The van der Waals surface area contributed by atoms with Gasteiger partial charge in [-0.15, -0.1) is 0 Å². The number of ether oxygens (including phenoxy) is 2. The lowest BCUT2D eigenvalue weighted by atomic mass is 10.1. The highest BCUT2D eigenvalue weighted by Gasteiger charge is 2.25. The highest BCUT2D eigenvalue weighted by atomic mass is 16.5. The molecule has 0 aromatic rings. The molecule has 1 aliphatic heterocycles. The predicted octanol–water partition coefficient (Wildman–Crippen LogP) is 4.85. The summed E-state index contributed by atoms with van der Waals surface area (Å²) in [6.07, 6.45) is 16.8. The first-order chi connectivity index (χ1) is 10.8. The highest BCUT2D eigenvalue weighted by molar-refractivity contribution is 4.74. The fourth-order valence-corrected chi connectivity index (χ4v) is 3.04. The van der Waals surface area contributed by atoms with Crippen LogP contribution in [0.3, 0.4) is 0 Å². The van der Waals surface area contributed by atoms with Gasteiger partial charge in [0.05, 0.1) is 12.7 Å². The van der Waals surface area contributed by atoms with Crippen LogP contribution in [0.2, 0.25) is 0 Å². The molecular formula is C19H38O3. The molecule has 0 aromatic carbocycles. The second kappa shape index (κ2) is 14.5. The van der Waals surface area contributed by atoms with Crippen LogP contribution >= 0.6 is 0 Å². The summed E-state index contributed by atoms with van der Waals surface area (Å²) in [5, 5.41) is 9.59. The summed E-state index contributed by atoms with van der Waals surface area (Å²) in [6, 6.07) is 0. The van der Waals surface area contributed by atoms with Crippen LogP contribution in [0.25, 0.3) is 0 Å². The van der Waals surface area contributed by atoms with E-state index in [1.807, 2.05) is 0 Å². The molecule has 1 saturated heterocycles. The van der Waals surface area contributed by atoms with Crippen molar-refractivity contribution >= 4 is 0 Å². The first-order valence-corrected chi connectivity index (χ1v) is 9.72. The molecule has 2 atom stereocenters. The Hall–Kier alpha value is -0.120. The van der Waals surface area contributed by atoms with E-state index >= 15 is 0 Å². The number of unbranched alkanes of at least 4 members (excludes halogenated alkanes) is 11. The fourth-order valence-electron chi connectivity index (χ4n) is 3.04. The van der Waals surface area contributed by atoms with E-state index in [0.29, 0.717) is 13.2 Å². The second-order valence-electron chi connectivity index (χ2n) is 6.73. The lowest BCUT2D eigenvalue weighted by Gasteiger charge is -2.13. The van der Waals surface area contributed by atoms with E-state index in [2.05, 4.69) is 6.92 Å². The molecule has 0 amide bonds. The molecule has 0 spiro atoms. The van der Waals surface area contributed by atoms with Crippen LogP contribution in [-0.4, -0.2) is 37.1 Å². The molecular weight excluding hydrogens is 276 g/mol. The Bertz CT molecular complexity index is 233. The first kappa shape index (κ1) is 19.9. The maximum atomic E-state index is 9.59. The molecule has 0 aliphatic carbocycles. The van der Waals surface area contributed by atoms with Crippen LogP contribution in [0.1, 0.15) is 90.4 Å². The summed E-state index contributed by atoms with van der Waals surface area (Å²) < 4.78 is 11.0. The van der Waals surface area contributed by atoms with E-state index in [1.165, 1.54) is 70.6 Å². The number of hydrogen-bond donors (Lipinski definition) is 1. The molecule has 1 aliphatic rings. The van der Waals surface area contributed by atoms with Crippen molar-refractivity contribution < 1.29 is 14.6 Å². The van der Waals surface area contributed by atoms with E-state index in [0.717, 1.165) is 19.4 Å². The quantitative estimate of drug-likeness (QED) is 0.439. The second-order valence-corrected chi connectivity index (χ2v) is 6.73.